The Morgan fingerprint density at radius 2 is 1.03 bits per heavy atom. The van der Waals surface area contributed by atoms with Crippen LogP contribution in [0.15, 0.2) is 122 Å². The van der Waals surface area contributed by atoms with Crippen LogP contribution < -0.4 is 0 Å². The molecule has 4 aromatic carbocycles. The van der Waals surface area contributed by atoms with Crippen molar-refractivity contribution in [1.29, 1.82) is 0 Å². The molecule has 0 radical (unpaired) electrons. The van der Waals surface area contributed by atoms with E-state index in [1.807, 2.05) is 24.3 Å². The van der Waals surface area contributed by atoms with Gasteiger partial charge in [-0.15, -0.1) is 0 Å². The van der Waals surface area contributed by atoms with Gasteiger partial charge in [0.1, 0.15) is 11.6 Å². The summed E-state index contributed by atoms with van der Waals surface area (Å²) in [6.45, 7) is 0. The second kappa shape index (κ2) is 9.04. The van der Waals surface area contributed by atoms with Crippen molar-refractivity contribution in [3.8, 4) is 0 Å². The molecule has 0 heterocycles. The summed E-state index contributed by atoms with van der Waals surface area (Å²) < 4.78 is 26.9. The van der Waals surface area contributed by atoms with Gasteiger partial charge in [-0.05, 0) is 84.9 Å². The first-order valence-corrected chi connectivity index (χ1v) is 11.3. The maximum Gasteiger partial charge on any atom is 0.166 e. The van der Waals surface area contributed by atoms with E-state index >= 15 is 0 Å². The maximum absolute atomic E-state index is 13.4. The molecule has 0 N–H and O–H groups in total. The van der Waals surface area contributed by atoms with Gasteiger partial charge in [0.2, 0.25) is 0 Å². The monoisotopic (exact) mass is 441 g/mol. The van der Waals surface area contributed by atoms with E-state index in [4.69, 9.17) is 11.6 Å². The third-order valence-corrected chi connectivity index (χ3v) is 7.98. The van der Waals surface area contributed by atoms with E-state index in [0.29, 0.717) is 0 Å². The largest absolute Gasteiger partial charge is 0.207 e. The number of rotatable bonds is 5. The molecule has 144 valence electrons. The van der Waals surface area contributed by atoms with Crippen molar-refractivity contribution >= 4 is 34.3 Å². The van der Waals surface area contributed by atoms with Gasteiger partial charge < -0.3 is 0 Å². The smallest absolute Gasteiger partial charge is 0.166 e. The van der Waals surface area contributed by atoms with E-state index in [-0.39, 0.29) is 11.6 Å². The van der Waals surface area contributed by atoms with Crippen LogP contribution in [0.3, 0.4) is 0 Å². The zero-order valence-electron chi connectivity index (χ0n) is 15.2. The predicted molar refractivity (Wildman–Crippen MR) is 117 cm³/mol. The quantitative estimate of drug-likeness (QED) is 0.284. The molecule has 0 spiro atoms. The van der Waals surface area contributed by atoms with E-state index in [1.165, 1.54) is 24.3 Å². The summed E-state index contributed by atoms with van der Waals surface area (Å²) in [7, 11) is -0.459. The Balaban J connectivity index is 1.68. The van der Waals surface area contributed by atoms with Gasteiger partial charge in [-0.1, -0.05) is 35.5 Å². The fourth-order valence-electron chi connectivity index (χ4n) is 2.85. The van der Waals surface area contributed by atoms with Gasteiger partial charge >= 0.3 is 0 Å². The van der Waals surface area contributed by atoms with Gasteiger partial charge in [-0.2, -0.15) is 0 Å². The van der Waals surface area contributed by atoms with Crippen LogP contribution in [0, 0.1) is 11.6 Å². The van der Waals surface area contributed by atoms with Crippen molar-refractivity contribution in [3.63, 3.8) is 0 Å². The second-order valence-electron chi connectivity index (χ2n) is 6.22. The molecule has 4 aromatic rings. The summed E-state index contributed by atoms with van der Waals surface area (Å²) in [5, 5.41) is 0.721. The highest BCUT2D eigenvalue weighted by Crippen LogP contribution is 2.36. The molecule has 0 saturated heterocycles. The van der Waals surface area contributed by atoms with Crippen molar-refractivity contribution in [1.82, 2.24) is 0 Å². The van der Waals surface area contributed by atoms with Gasteiger partial charge in [0.15, 0.2) is 14.7 Å². The molecule has 0 aliphatic carbocycles. The molecule has 0 nitrogen and oxygen atoms in total. The van der Waals surface area contributed by atoms with E-state index in [0.717, 1.165) is 29.5 Å². The van der Waals surface area contributed by atoms with Gasteiger partial charge in [0.05, 0.1) is 15.9 Å². The van der Waals surface area contributed by atoms with Crippen molar-refractivity contribution in [2.24, 2.45) is 0 Å². The predicted octanol–water partition coefficient (Wildman–Crippen LogP) is 7.86. The number of hydrogen-bond donors (Lipinski definition) is 0. The lowest BCUT2D eigenvalue weighted by Gasteiger charge is -2.09. The molecule has 0 aromatic heterocycles. The van der Waals surface area contributed by atoms with Crippen LogP contribution in [0.2, 0.25) is 5.02 Å². The van der Waals surface area contributed by atoms with Crippen LogP contribution in [-0.4, -0.2) is 0 Å². The highest BCUT2D eigenvalue weighted by atomic mass is 35.5. The molecule has 0 amide bonds. The lowest BCUT2D eigenvalue weighted by atomic mass is 10.3. The third kappa shape index (κ3) is 4.84. The minimum atomic E-state index is -0.459. The van der Waals surface area contributed by atoms with Crippen molar-refractivity contribution in [2.45, 2.75) is 24.5 Å². The topological polar surface area (TPSA) is 0 Å². The Kier molecular flexibility index (Phi) is 6.24. The fraction of sp³-hybridized carbons (Fsp3) is 0. The zero-order chi connectivity index (χ0) is 20.2. The minimum Gasteiger partial charge on any atom is -0.207 e. The minimum absolute atomic E-state index is 0.275. The molecule has 0 fully saturated rings. The highest BCUT2D eigenvalue weighted by Gasteiger charge is 2.28. The summed E-state index contributed by atoms with van der Waals surface area (Å²) in [6.07, 6.45) is 0. The first-order valence-electron chi connectivity index (χ1n) is 8.88. The first-order chi connectivity index (χ1) is 14.1. The molecule has 29 heavy (non-hydrogen) atoms. The Morgan fingerprint density at radius 1 is 0.586 bits per heavy atom. The second-order valence-corrected chi connectivity index (χ2v) is 9.77. The van der Waals surface area contributed by atoms with E-state index < -0.39 is 10.9 Å². The lowest BCUT2D eigenvalue weighted by molar-refractivity contribution is 0.626. The molecule has 0 aliphatic rings. The fourth-order valence-corrected chi connectivity index (χ4v) is 5.98. The summed E-state index contributed by atoms with van der Waals surface area (Å²) in [5.74, 6) is -0.550. The van der Waals surface area contributed by atoms with Crippen LogP contribution in [-0.2, 0) is 10.9 Å². The summed E-state index contributed by atoms with van der Waals surface area (Å²) >= 11 is 7.86. The van der Waals surface area contributed by atoms with Gasteiger partial charge in [0.25, 0.3) is 0 Å². The summed E-state index contributed by atoms with van der Waals surface area (Å²) in [4.78, 5) is 5.10. The molecule has 4 rings (SSSR count). The van der Waals surface area contributed by atoms with Crippen LogP contribution in [0.25, 0.3) is 0 Å². The van der Waals surface area contributed by atoms with Gasteiger partial charge in [-0.3, -0.25) is 0 Å². The zero-order valence-corrected chi connectivity index (χ0v) is 17.6. The van der Waals surface area contributed by atoms with E-state index in [9.17, 15) is 8.78 Å². The normalized spacial score (nSPS) is 11.0. The van der Waals surface area contributed by atoms with Crippen molar-refractivity contribution < 1.29 is 8.78 Å². The molecule has 0 aliphatic heterocycles. The third-order valence-electron chi connectivity index (χ3n) is 4.22. The van der Waals surface area contributed by atoms with Gasteiger partial charge in [0, 0.05) is 9.79 Å². The maximum atomic E-state index is 13.4. The molecular weight excluding hydrogens is 426 g/mol. The number of halogens is 3. The van der Waals surface area contributed by atoms with Crippen LogP contribution in [0.5, 0.6) is 0 Å². The van der Waals surface area contributed by atoms with Crippen LogP contribution in [0.1, 0.15) is 0 Å². The first kappa shape index (κ1) is 20.0. The molecule has 0 atom stereocenters. The summed E-state index contributed by atoms with van der Waals surface area (Å²) in [5.41, 5.74) is 0. The average Bonchev–Trinajstić information content (AvgIpc) is 2.74. The SMILES string of the molecule is Fc1ccc([S+](c2ccc(F)cc2)c2ccc(Sc3ccccc3Cl)cc2)cc1. The van der Waals surface area contributed by atoms with Gasteiger partial charge in [-0.25, -0.2) is 8.78 Å². The van der Waals surface area contributed by atoms with Crippen molar-refractivity contribution in [3.05, 3.63) is 114 Å². The number of hydrogen-bond acceptors (Lipinski definition) is 1. The molecule has 0 unspecified atom stereocenters. The van der Waals surface area contributed by atoms with E-state index in [2.05, 4.69) is 24.3 Å². The van der Waals surface area contributed by atoms with Crippen LogP contribution in [0.4, 0.5) is 8.78 Å². The highest BCUT2D eigenvalue weighted by molar-refractivity contribution is 7.99. The Morgan fingerprint density at radius 3 is 1.52 bits per heavy atom. The lowest BCUT2D eigenvalue weighted by Crippen LogP contribution is -2.05. The molecule has 0 bridgehead atoms. The molecule has 5 heteroatoms. The van der Waals surface area contributed by atoms with Crippen LogP contribution >= 0.6 is 23.4 Å². The van der Waals surface area contributed by atoms with E-state index in [1.54, 1.807) is 36.0 Å². The Hall–Kier alpha value is -2.27. The number of benzene rings is 4. The average molecular weight is 442 g/mol. The summed E-state index contributed by atoms with van der Waals surface area (Å²) in [6, 6.07) is 28.9. The van der Waals surface area contributed by atoms with Crippen molar-refractivity contribution in [2.75, 3.05) is 0 Å². The standard InChI is InChI=1S/C24H16ClF2S2/c25-23-3-1-2-4-24(23)28-19-9-15-22(16-10-19)29(20-11-5-17(26)6-12-20)21-13-7-18(27)8-14-21/h1-16H/q+1. The molecular formula is C24H16ClF2S2+. The Labute approximate surface area is 180 Å². The molecule has 0 saturated carbocycles. The Bertz CT molecular complexity index is 1050.